The monoisotopic (exact) mass is 316 g/mol. The summed E-state index contributed by atoms with van der Waals surface area (Å²) < 4.78 is 5.09. The molecule has 1 fully saturated rings. The molecule has 120 valence electrons. The molecule has 0 radical (unpaired) electrons. The van der Waals surface area contributed by atoms with Crippen molar-refractivity contribution in [1.29, 1.82) is 0 Å². The summed E-state index contributed by atoms with van der Waals surface area (Å²) in [4.78, 5) is 27.3. The molecule has 1 heterocycles. The van der Waals surface area contributed by atoms with E-state index in [9.17, 15) is 9.59 Å². The van der Waals surface area contributed by atoms with Crippen molar-refractivity contribution >= 4 is 11.9 Å². The van der Waals surface area contributed by atoms with Gasteiger partial charge in [-0.1, -0.05) is 0 Å². The van der Waals surface area contributed by atoms with E-state index in [0.717, 1.165) is 11.3 Å². The van der Waals surface area contributed by atoms with E-state index in [-0.39, 0.29) is 6.54 Å². The first-order chi connectivity index (χ1) is 11.0. The Kier molecular flexibility index (Phi) is 3.73. The highest BCUT2D eigenvalue weighted by molar-refractivity contribution is 6.04. The van der Waals surface area contributed by atoms with Crippen molar-refractivity contribution in [2.45, 2.75) is 19.4 Å². The third kappa shape index (κ3) is 2.87. The SMILES string of the molecule is COc1ccc(-c2n[nH]c(CNC(=O)C3(C(=O)O)CC3)n2)cc1. The summed E-state index contributed by atoms with van der Waals surface area (Å²) in [6.07, 6.45) is 0.753. The number of amides is 1. The van der Waals surface area contributed by atoms with Crippen LogP contribution in [0.3, 0.4) is 0 Å². The Morgan fingerprint density at radius 2 is 2.04 bits per heavy atom. The number of nitrogens with zero attached hydrogens (tertiary/aromatic N) is 2. The van der Waals surface area contributed by atoms with Crippen LogP contribution in [-0.4, -0.2) is 39.3 Å². The van der Waals surface area contributed by atoms with Crippen molar-refractivity contribution in [3.8, 4) is 17.1 Å². The zero-order valence-corrected chi connectivity index (χ0v) is 12.5. The lowest BCUT2D eigenvalue weighted by atomic mass is 10.1. The molecule has 3 N–H and O–H groups in total. The maximum atomic E-state index is 11.9. The van der Waals surface area contributed by atoms with E-state index >= 15 is 0 Å². The lowest BCUT2D eigenvalue weighted by Crippen LogP contribution is -2.36. The second-order valence-corrected chi connectivity index (χ2v) is 5.40. The van der Waals surface area contributed by atoms with Crippen molar-refractivity contribution in [1.82, 2.24) is 20.5 Å². The Labute approximate surface area is 131 Å². The van der Waals surface area contributed by atoms with Gasteiger partial charge in [-0.25, -0.2) is 4.98 Å². The van der Waals surface area contributed by atoms with Gasteiger partial charge in [0.1, 0.15) is 17.0 Å². The van der Waals surface area contributed by atoms with Crippen molar-refractivity contribution in [2.75, 3.05) is 7.11 Å². The van der Waals surface area contributed by atoms with E-state index < -0.39 is 17.3 Å². The Hall–Kier alpha value is -2.90. The zero-order valence-electron chi connectivity index (χ0n) is 12.5. The standard InChI is InChI=1S/C15H16N4O4/c1-23-10-4-2-9(3-5-10)12-17-11(18-19-12)8-16-13(20)15(6-7-15)14(21)22/h2-5H,6-8H2,1H3,(H,16,20)(H,21,22)(H,17,18,19). The maximum absolute atomic E-state index is 11.9. The van der Waals surface area contributed by atoms with E-state index in [1.165, 1.54) is 0 Å². The zero-order chi connectivity index (χ0) is 16.4. The molecule has 0 unspecified atom stereocenters. The van der Waals surface area contributed by atoms with Crippen molar-refractivity contribution in [3.63, 3.8) is 0 Å². The van der Waals surface area contributed by atoms with Gasteiger partial charge in [0.2, 0.25) is 5.91 Å². The number of methoxy groups -OCH3 is 1. The second-order valence-electron chi connectivity index (χ2n) is 5.40. The Morgan fingerprint density at radius 1 is 1.35 bits per heavy atom. The van der Waals surface area contributed by atoms with Crippen LogP contribution in [0, 0.1) is 5.41 Å². The number of H-pyrrole nitrogens is 1. The van der Waals surface area contributed by atoms with Crippen LogP contribution < -0.4 is 10.1 Å². The second kappa shape index (κ2) is 5.71. The van der Waals surface area contributed by atoms with Crippen LogP contribution >= 0.6 is 0 Å². The predicted octanol–water partition coefficient (Wildman–Crippen LogP) is 0.961. The number of aliphatic carboxylic acids is 1. The summed E-state index contributed by atoms with van der Waals surface area (Å²) >= 11 is 0. The number of carboxylic acid groups (broad SMARTS) is 1. The summed E-state index contributed by atoms with van der Waals surface area (Å²) in [6, 6.07) is 7.26. The van der Waals surface area contributed by atoms with Crippen molar-refractivity contribution < 1.29 is 19.4 Å². The summed E-state index contributed by atoms with van der Waals surface area (Å²) in [6.45, 7) is 0.108. The number of nitrogens with one attached hydrogen (secondary N) is 2. The van der Waals surface area contributed by atoms with Gasteiger partial charge in [-0.2, -0.15) is 5.10 Å². The van der Waals surface area contributed by atoms with E-state index in [2.05, 4.69) is 20.5 Å². The summed E-state index contributed by atoms with van der Waals surface area (Å²) in [5.41, 5.74) is -0.442. The fourth-order valence-corrected chi connectivity index (χ4v) is 2.24. The van der Waals surface area contributed by atoms with Crippen LogP contribution in [0.2, 0.25) is 0 Å². The Balaban J connectivity index is 1.63. The first-order valence-electron chi connectivity index (χ1n) is 7.12. The minimum atomic E-state index is -1.25. The Morgan fingerprint density at radius 3 is 2.61 bits per heavy atom. The molecule has 0 saturated heterocycles. The molecule has 8 nitrogen and oxygen atoms in total. The van der Waals surface area contributed by atoms with Crippen molar-refractivity contribution in [3.05, 3.63) is 30.1 Å². The van der Waals surface area contributed by atoms with Gasteiger partial charge in [-0.3, -0.25) is 14.7 Å². The van der Waals surface area contributed by atoms with Gasteiger partial charge in [-0.15, -0.1) is 0 Å². The number of aromatic amines is 1. The highest BCUT2D eigenvalue weighted by atomic mass is 16.5. The number of carbonyl (C=O) groups is 2. The number of hydrogen-bond donors (Lipinski definition) is 3. The van der Waals surface area contributed by atoms with E-state index in [4.69, 9.17) is 9.84 Å². The fourth-order valence-electron chi connectivity index (χ4n) is 2.24. The van der Waals surface area contributed by atoms with Crippen LogP contribution in [0.25, 0.3) is 11.4 Å². The molecule has 23 heavy (non-hydrogen) atoms. The number of ether oxygens (including phenoxy) is 1. The van der Waals surface area contributed by atoms with Gasteiger partial charge in [0.15, 0.2) is 5.82 Å². The molecule has 3 rings (SSSR count). The van der Waals surface area contributed by atoms with Gasteiger partial charge < -0.3 is 15.2 Å². The van der Waals surface area contributed by atoms with Crippen LogP contribution in [-0.2, 0) is 16.1 Å². The first-order valence-corrected chi connectivity index (χ1v) is 7.12. The largest absolute Gasteiger partial charge is 0.497 e. The average molecular weight is 316 g/mol. The number of carbonyl (C=O) groups excluding carboxylic acids is 1. The highest BCUT2D eigenvalue weighted by Crippen LogP contribution is 2.46. The Bertz CT molecular complexity index is 734. The fraction of sp³-hybridized carbons (Fsp3) is 0.333. The smallest absolute Gasteiger partial charge is 0.319 e. The molecule has 2 aromatic rings. The summed E-state index contributed by atoms with van der Waals surface area (Å²) in [7, 11) is 1.59. The predicted molar refractivity (Wildman–Crippen MR) is 79.5 cm³/mol. The molecule has 0 aliphatic heterocycles. The number of carboxylic acids is 1. The molecule has 1 amide bonds. The number of hydrogen-bond acceptors (Lipinski definition) is 5. The molecular formula is C15H16N4O4. The summed E-state index contributed by atoms with van der Waals surface area (Å²) in [5.74, 6) is 0.140. The molecule has 1 aliphatic rings. The topological polar surface area (TPSA) is 117 Å². The minimum Gasteiger partial charge on any atom is -0.497 e. The molecule has 1 aromatic carbocycles. The van der Waals surface area contributed by atoms with Crippen molar-refractivity contribution in [2.24, 2.45) is 5.41 Å². The molecule has 1 aliphatic carbocycles. The van der Waals surface area contributed by atoms with Gasteiger partial charge >= 0.3 is 5.97 Å². The van der Waals surface area contributed by atoms with Gasteiger partial charge in [0.25, 0.3) is 0 Å². The number of rotatable bonds is 6. The molecule has 1 saturated carbocycles. The number of aromatic nitrogens is 3. The van der Waals surface area contributed by atoms with E-state index in [0.29, 0.717) is 24.5 Å². The van der Waals surface area contributed by atoms with Crippen LogP contribution in [0.15, 0.2) is 24.3 Å². The van der Waals surface area contributed by atoms with E-state index in [1.54, 1.807) is 19.2 Å². The summed E-state index contributed by atoms with van der Waals surface area (Å²) in [5, 5.41) is 18.5. The molecule has 0 spiro atoms. The molecule has 8 heteroatoms. The van der Waals surface area contributed by atoms with Crippen LogP contribution in [0.5, 0.6) is 5.75 Å². The molecule has 0 bridgehead atoms. The van der Waals surface area contributed by atoms with Gasteiger partial charge in [-0.05, 0) is 37.1 Å². The third-order valence-electron chi connectivity index (χ3n) is 3.89. The lowest BCUT2D eigenvalue weighted by molar-refractivity contribution is -0.149. The minimum absolute atomic E-state index is 0.108. The van der Waals surface area contributed by atoms with Crippen LogP contribution in [0.4, 0.5) is 0 Å². The average Bonchev–Trinajstić information content (AvgIpc) is 3.26. The quantitative estimate of drug-likeness (QED) is 0.683. The van der Waals surface area contributed by atoms with Gasteiger partial charge in [0, 0.05) is 5.56 Å². The molecule has 0 atom stereocenters. The van der Waals surface area contributed by atoms with Crippen LogP contribution in [0.1, 0.15) is 18.7 Å². The molecular weight excluding hydrogens is 300 g/mol. The normalized spacial score (nSPS) is 15.0. The first kappa shape index (κ1) is 15.0. The number of benzene rings is 1. The highest BCUT2D eigenvalue weighted by Gasteiger charge is 2.56. The molecule has 1 aromatic heterocycles. The van der Waals surface area contributed by atoms with Gasteiger partial charge in [0.05, 0.1) is 13.7 Å². The third-order valence-corrected chi connectivity index (χ3v) is 3.89. The maximum Gasteiger partial charge on any atom is 0.319 e. The van der Waals surface area contributed by atoms with E-state index in [1.807, 2.05) is 12.1 Å². The lowest BCUT2D eigenvalue weighted by Gasteiger charge is -2.09.